The lowest BCUT2D eigenvalue weighted by Gasteiger charge is -2.20. The van der Waals surface area contributed by atoms with Crippen LogP contribution in [0.4, 0.5) is 5.69 Å². The first-order valence-corrected chi connectivity index (χ1v) is 7.47. The van der Waals surface area contributed by atoms with E-state index in [-0.39, 0.29) is 30.7 Å². The fourth-order valence-corrected chi connectivity index (χ4v) is 1.82. The predicted molar refractivity (Wildman–Crippen MR) is 88.2 cm³/mol. The molecule has 0 saturated carbocycles. The largest absolute Gasteiger partial charge is 0.456 e. The number of hydrogen-bond donors (Lipinski definition) is 1. The summed E-state index contributed by atoms with van der Waals surface area (Å²) in [6.45, 7) is 4.90. The molecule has 0 unspecified atom stereocenters. The molecule has 7 nitrogen and oxygen atoms in total. The van der Waals surface area contributed by atoms with Crippen LogP contribution in [0.15, 0.2) is 29.8 Å². The maximum Gasteiger partial charge on any atom is 0.342 e. The summed E-state index contributed by atoms with van der Waals surface area (Å²) in [5.74, 6) is -1.21. The Balaban J connectivity index is 3.13. The first-order valence-electron chi connectivity index (χ1n) is 7.47. The van der Waals surface area contributed by atoms with Gasteiger partial charge in [0.2, 0.25) is 0 Å². The van der Waals surface area contributed by atoms with Gasteiger partial charge in [0.1, 0.15) is 11.2 Å². The molecule has 1 rings (SSSR count). The molecular weight excluding hydrogens is 314 g/mol. The van der Waals surface area contributed by atoms with E-state index in [0.29, 0.717) is 5.56 Å². The number of carbonyl (C=O) groups excluding carboxylic acids is 2. The Morgan fingerprint density at radius 1 is 1.25 bits per heavy atom. The highest BCUT2D eigenvalue weighted by atomic mass is 16.6. The minimum Gasteiger partial charge on any atom is -0.456 e. The average Bonchev–Trinajstić information content (AvgIpc) is 2.48. The van der Waals surface area contributed by atoms with Gasteiger partial charge in [-0.05, 0) is 51.0 Å². The van der Waals surface area contributed by atoms with Crippen LogP contribution in [0.3, 0.4) is 0 Å². The second-order valence-corrected chi connectivity index (χ2v) is 6.16. The number of esters is 1. The van der Waals surface area contributed by atoms with Crippen LogP contribution >= 0.6 is 0 Å². The SMILES string of the molecule is CC(C)(C)OC(=O)/C(=C/c1ccc([N+](=O)[O-])cc1)C(=O)CCCO. The van der Waals surface area contributed by atoms with E-state index in [1.165, 1.54) is 30.3 Å². The Hall–Kier alpha value is -2.54. The topological polar surface area (TPSA) is 107 Å². The zero-order valence-electron chi connectivity index (χ0n) is 13.9. The minimum absolute atomic E-state index is 0.00849. The number of nitro benzene ring substituents is 1. The molecule has 0 radical (unpaired) electrons. The molecule has 0 amide bonds. The molecule has 1 aromatic rings. The molecule has 0 aliphatic carbocycles. The molecule has 0 heterocycles. The van der Waals surface area contributed by atoms with Gasteiger partial charge in [0.25, 0.3) is 5.69 Å². The second-order valence-electron chi connectivity index (χ2n) is 6.16. The second kappa shape index (κ2) is 8.35. The van der Waals surface area contributed by atoms with E-state index in [9.17, 15) is 19.7 Å². The van der Waals surface area contributed by atoms with Crippen molar-refractivity contribution in [3.8, 4) is 0 Å². The lowest BCUT2D eigenvalue weighted by atomic mass is 10.0. The lowest BCUT2D eigenvalue weighted by Crippen LogP contribution is -2.27. The van der Waals surface area contributed by atoms with Crippen molar-refractivity contribution in [2.75, 3.05) is 6.61 Å². The number of non-ortho nitro benzene ring substituents is 1. The standard InChI is InChI=1S/C17H21NO6/c1-17(2,3)24-16(21)14(15(20)5-4-10-19)11-12-6-8-13(9-7-12)18(22)23/h6-9,11,19H,4-5,10H2,1-3H3/b14-11+. The van der Waals surface area contributed by atoms with Crippen molar-refractivity contribution in [3.05, 3.63) is 45.5 Å². The highest BCUT2D eigenvalue weighted by Crippen LogP contribution is 2.18. The van der Waals surface area contributed by atoms with Crippen LogP contribution in [-0.2, 0) is 14.3 Å². The molecule has 7 heteroatoms. The van der Waals surface area contributed by atoms with Gasteiger partial charge in [-0.15, -0.1) is 0 Å². The normalized spacial score (nSPS) is 11.9. The average molecular weight is 335 g/mol. The Morgan fingerprint density at radius 2 is 1.83 bits per heavy atom. The van der Waals surface area contributed by atoms with E-state index < -0.39 is 22.3 Å². The van der Waals surface area contributed by atoms with Crippen molar-refractivity contribution in [1.82, 2.24) is 0 Å². The van der Waals surface area contributed by atoms with Gasteiger partial charge < -0.3 is 9.84 Å². The zero-order chi connectivity index (χ0) is 18.3. The summed E-state index contributed by atoms with van der Waals surface area (Å²) in [4.78, 5) is 34.6. The molecule has 1 aromatic carbocycles. The number of carbonyl (C=O) groups is 2. The molecule has 0 aliphatic rings. The van der Waals surface area contributed by atoms with Gasteiger partial charge in [-0.2, -0.15) is 0 Å². The number of hydrogen-bond acceptors (Lipinski definition) is 6. The van der Waals surface area contributed by atoms with Crippen molar-refractivity contribution in [2.45, 2.75) is 39.2 Å². The van der Waals surface area contributed by atoms with E-state index in [0.717, 1.165) is 0 Å². The van der Waals surface area contributed by atoms with Crippen molar-refractivity contribution in [3.63, 3.8) is 0 Å². The highest BCUT2D eigenvalue weighted by Gasteiger charge is 2.24. The Morgan fingerprint density at radius 3 is 2.29 bits per heavy atom. The van der Waals surface area contributed by atoms with Gasteiger partial charge in [-0.25, -0.2) is 4.79 Å². The summed E-state index contributed by atoms with van der Waals surface area (Å²) in [6.07, 6.45) is 1.59. The number of aliphatic hydroxyl groups is 1. The monoisotopic (exact) mass is 335 g/mol. The number of ether oxygens (including phenoxy) is 1. The fraction of sp³-hybridized carbons (Fsp3) is 0.412. The third-order valence-electron chi connectivity index (χ3n) is 2.90. The van der Waals surface area contributed by atoms with Gasteiger partial charge in [0, 0.05) is 25.2 Å². The van der Waals surface area contributed by atoms with Crippen molar-refractivity contribution in [2.24, 2.45) is 0 Å². The number of aliphatic hydroxyl groups excluding tert-OH is 1. The molecule has 0 atom stereocenters. The van der Waals surface area contributed by atoms with E-state index in [1.807, 2.05) is 0 Å². The molecular formula is C17H21NO6. The molecule has 0 bridgehead atoms. The van der Waals surface area contributed by atoms with Gasteiger partial charge in [-0.1, -0.05) is 0 Å². The first kappa shape index (κ1) is 19.5. The third-order valence-corrected chi connectivity index (χ3v) is 2.90. The first-order chi connectivity index (χ1) is 11.1. The van der Waals surface area contributed by atoms with E-state index in [4.69, 9.17) is 9.84 Å². The number of benzene rings is 1. The van der Waals surface area contributed by atoms with Crippen molar-refractivity contribution >= 4 is 23.5 Å². The predicted octanol–water partition coefficient (Wildman–Crippen LogP) is 2.66. The molecule has 0 aromatic heterocycles. The summed E-state index contributed by atoms with van der Waals surface area (Å²) in [5, 5.41) is 19.5. The number of ketones is 1. The zero-order valence-corrected chi connectivity index (χ0v) is 13.9. The highest BCUT2D eigenvalue weighted by molar-refractivity contribution is 6.20. The van der Waals surface area contributed by atoms with Gasteiger partial charge in [-0.3, -0.25) is 14.9 Å². The smallest absolute Gasteiger partial charge is 0.342 e. The van der Waals surface area contributed by atoms with Gasteiger partial charge in [0.15, 0.2) is 5.78 Å². The summed E-state index contributed by atoms with van der Waals surface area (Å²) in [6, 6.07) is 5.47. The van der Waals surface area contributed by atoms with E-state index in [1.54, 1.807) is 20.8 Å². The quantitative estimate of drug-likeness (QED) is 0.205. The van der Waals surface area contributed by atoms with Gasteiger partial charge in [0.05, 0.1) is 4.92 Å². The number of nitrogens with zero attached hydrogens (tertiary/aromatic N) is 1. The van der Waals surface area contributed by atoms with E-state index >= 15 is 0 Å². The van der Waals surface area contributed by atoms with Crippen LogP contribution in [0, 0.1) is 10.1 Å². The molecule has 130 valence electrons. The van der Waals surface area contributed by atoms with Crippen LogP contribution in [0.25, 0.3) is 6.08 Å². The number of Topliss-reactive ketones (excluding diaryl/α,β-unsaturated/α-hetero) is 1. The van der Waals surface area contributed by atoms with Crippen LogP contribution in [-0.4, -0.2) is 34.0 Å². The van der Waals surface area contributed by atoms with Gasteiger partial charge >= 0.3 is 5.97 Å². The Kier molecular flexibility index (Phi) is 6.79. The summed E-state index contributed by atoms with van der Waals surface area (Å²) in [7, 11) is 0. The Labute approximate surface area is 140 Å². The van der Waals surface area contributed by atoms with Crippen molar-refractivity contribution < 1.29 is 24.4 Å². The number of nitro groups is 1. The maximum atomic E-state index is 12.3. The minimum atomic E-state index is -0.761. The molecule has 0 saturated heterocycles. The molecule has 24 heavy (non-hydrogen) atoms. The van der Waals surface area contributed by atoms with Crippen LogP contribution in [0.2, 0.25) is 0 Å². The van der Waals surface area contributed by atoms with Crippen LogP contribution in [0.5, 0.6) is 0 Å². The summed E-state index contributed by atoms with van der Waals surface area (Å²) >= 11 is 0. The fourth-order valence-electron chi connectivity index (χ4n) is 1.82. The summed E-state index contributed by atoms with van der Waals surface area (Å²) < 4.78 is 5.24. The molecule has 1 N–H and O–H groups in total. The van der Waals surface area contributed by atoms with Crippen LogP contribution in [0.1, 0.15) is 39.2 Å². The van der Waals surface area contributed by atoms with E-state index in [2.05, 4.69) is 0 Å². The molecule has 0 aliphatic heterocycles. The lowest BCUT2D eigenvalue weighted by molar-refractivity contribution is -0.384. The maximum absolute atomic E-state index is 12.3. The summed E-state index contributed by atoms with van der Waals surface area (Å²) in [5.41, 5.74) is -0.522. The molecule has 0 spiro atoms. The third kappa shape index (κ3) is 6.29. The van der Waals surface area contributed by atoms with Crippen LogP contribution < -0.4 is 0 Å². The van der Waals surface area contributed by atoms with Crippen molar-refractivity contribution in [1.29, 1.82) is 0 Å². The number of rotatable bonds is 7. The molecule has 0 fully saturated rings. The Bertz CT molecular complexity index is 640.